The summed E-state index contributed by atoms with van der Waals surface area (Å²) >= 11 is 0. The number of nitrogens with two attached hydrogens (primary N) is 1. The summed E-state index contributed by atoms with van der Waals surface area (Å²) in [6.07, 6.45) is 0. The van der Waals surface area contributed by atoms with Crippen LogP contribution in [0.25, 0.3) is 0 Å². The minimum Gasteiger partial charge on any atom is -0.497 e. The summed E-state index contributed by atoms with van der Waals surface area (Å²) in [4.78, 5) is 11.5. The zero-order valence-corrected chi connectivity index (χ0v) is 9.03. The average Bonchev–Trinajstić information content (AvgIpc) is 2.29. The van der Waals surface area contributed by atoms with Crippen LogP contribution in [0, 0.1) is 5.82 Å². The lowest BCUT2D eigenvalue weighted by molar-refractivity contribution is 0.0770. The Labute approximate surface area is 93.2 Å². The molecule has 0 aromatic heterocycles. The van der Waals surface area contributed by atoms with E-state index in [4.69, 9.17) is 15.2 Å². The van der Waals surface area contributed by atoms with Crippen molar-refractivity contribution in [3.63, 3.8) is 0 Å². The summed E-state index contributed by atoms with van der Waals surface area (Å²) in [5.74, 6) is -0.647. The van der Waals surface area contributed by atoms with Gasteiger partial charge >= 0.3 is 0 Å². The van der Waals surface area contributed by atoms with E-state index >= 15 is 0 Å². The van der Waals surface area contributed by atoms with Crippen LogP contribution in [0.4, 0.5) is 4.39 Å². The van der Waals surface area contributed by atoms with E-state index in [1.165, 1.54) is 19.2 Å². The van der Waals surface area contributed by atoms with Gasteiger partial charge in [0.1, 0.15) is 18.2 Å². The summed E-state index contributed by atoms with van der Waals surface area (Å²) in [6.45, 7) is 0.447. The molecule has 0 saturated carbocycles. The maximum absolute atomic E-state index is 13.4. The molecule has 1 aromatic rings. The van der Waals surface area contributed by atoms with E-state index in [1.807, 2.05) is 0 Å². The summed E-state index contributed by atoms with van der Waals surface area (Å²) in [5, 5.41) is 0. The average molecular weight is 227 g/mol. The van der Waals surface area contributed by atoms with Gasteiger partial charge in [-0.05, 0) is 12.1 Å². The number of ether oxygens (including phenoxy) is 2. The van der Waals surface area contributed by atoms with E-state index in [9.17, 15) is 9.18 Å². The second kappa shape index (κ2) is 6.19. The van der Waals surface area contributed by atoms with Crippen LogP contribution in [0.3, 0.4) is 0 Å². The lowest BCUT2D eigenvalue weighted by atomic mass is 10.1. The fraction of sp³-hybridized carbons (Fsp3) is 0.364. The molecule has 0 atom stereocenters. The third-order valence-electron chi connectivity index (χ3n) is 1.97. The van der Waals surface area contributed by atoms with Gasteiger partial charge in [0, 0.05) is 12.6 Å². The van der Waals surface area contributed by atoms with Crippen molar-refractivity contribution < 1.29 is 18.7 Å². The Kier molecular flexibility index (Phi) is 4.88. The number of carbonyl (C=O) groups is 1. The summed E-state index contributed by atoms with van der Waals surface area (Å²) in [7, 11) is 1.43. The van der Waals surface area contributed by atoms with Crippen molar-refractivity contribution in [1.82, 2.24) is 0 Å². The zero-order valence-electron chi connectivity index (χ0n) is 9.03. The topological polar surface area (TPSA) is 61.5 Å². The molecule has 0 heterocycles. The predicted molar refractivity (Wildman–Crippen MR) is 57.2 cm³/mol. The molecule has 0 unspecified atom stereocenters. The highest BCUT2D eigenvalue weighted by molar-refractivity contribution is 5.97. The SMILES string of the molecule is COc1ccc(C(=O)COCCN)c(F)c1. The summed E-state index contributed by atoms with van der Waals surface area (Å²) < 4.78 is 23.2. The third-order valence-corrected chi connectivity index (χ3v) is 1.97. The van der Waals surface area contributed by atoms with Gasteiger partial charge in [-0.25, -0.2) is 4.39 Å². The number of carbonyl (C=O) groups excluding carboxylic acids is 1. The van der Waals surface area contributed by atoms with Crippen molar-refractivity contribution in [2.75, 3.05) is 26.9 Å². The van der Waals surface area contributed by atoms with Crippen molar-refractivity contribution in [3.8, 4) is 5.75 Å². The Hall–Kier alpha value is -1.46. The zero-order chi connectivity index (χ0) is 12.0. The summed E-state index contributed by atoms with van der Waals surface area (Å²) in [5.41, 5.74) is 5.19. The summed E-state index contributed by atoms with van der Waals surface area (Å²) in [6, 6.07) is 4.07. The van der Waals surface area contributed by atoms with Gasteiger partial charge in [0.2, 0.25) is 0 Å². The number of benzene rings is 1. The van der Waals surface area contributed by atoms with Crippen molar-refractivity contribution >= 4 is 5.78 Å². The Morgan fingerprint density at radius 3 is 2.81 bits per heavy atom. The number of hydrogen-bond acceptors (Lipinski definition) is 4. The fourth-order valence-corrected chi connectivity index (χ4v) is 1.17. The Bertz CT molecular complexity index is 368. The Balaban J connectivity index is 2.68. The fourth-order valence-electron chi connectivity index (χ4n) is 1.17. The number of methoxy groups -OCH3 is 1. The first-order valence-corrected chi connectivity index (χ1v) is 4.83. The van der Waals surface area contributed by atoms with E-state index < -0.39 is 11.6 Å². The Morgan fingerprint density at radius 1 is 1.50 bits per heavy atom. The van der Waals surface area contributed by atoms with Crippen LogP contribution in [-0.4, -0.2) is 32.7 Å². The van der Waals surface area contributed by atoms with Gasteiger partial charge in [-0.2, -0.15) is 0 Å². The van der Waals surface area contributed by atoms with Gasteiger partial charge < -0.3 is 15.2 Å². The monoisotopic (exact) mass is 227 g/mol. The molecule has 0 aliphatic carbocycles. The van der Waals surface area contributed by atoms with E-state index in [1.54, 1.807) is 0 Å². The van der Waals surface area contributed by atoms with Crippen LogP contribution in [0.2, 0.25) is 0 Å². The van der Waals surface area contributed by atoms with Crippen LogP contribution in [0.5, 0.6) is 5.75 Å². The molecule has 2 N–H and O–H groups in total. The maximum Gasteiger partial charge on any atom is 0.191 e. The number of rotatable bonds is 6. The number of hydrogen-bond donors (Lipinski definition) is 1. The van der Waals surface area contributed by atoms with Gasteiger partial charge in [-0.15, -0.1) is 0 Å². The highest BCUT2D eigenvalue weighted by Crippen LogP contribution is 2.16. The van der Waals surface area contributed by atoms with E-state index in [2.05, 4.69) is 0 Å². The van der Waals surface area contributed by atoms with Gasteiger partial charge in [0.25, 0.3) is 0 Å². The molecule has 0 aliphatic heterocycles. The number of Topliss-reactive ketones (excluding diaryl/α,β-unsaturated/α-hetero) is 1. The quantitative estimate of drug-likeness (QED) is 0.581. The van der Waals surface area contributed by atoms with Crippen LogP contribution in [0.15, 0.2) is 18.2 Å². The molecule has 0 aliphatic rings. The molecule has 5 heteroatoms. The second-order valence-electron chi connectivity index (χ2n) is 3.11. The first kappa shape index (κ1) is 12.6. The van der Waals surface area contributed by atoms with Crippen LogP contribution < -0.4 is 10.5 Å². The second-order valence-corrected chi connectivity index (χ2v) is 3.11. The normalized spacial score (nSPS) is 10.2. The van der Waals surface area contributed by atoms with Crippen molar-refractivity contribution in [2.24, 2.45) is 5.73 Å². The molecule has 0 fully saturated rings. The maximum atomic E-state index is 13.4. The molecular weight excluding hydrogens is 213 g/mol. The lowest BCUT2D eigenvalue weighted by Gasteiger charge is -2.05. The van der Waals surface area contributed by atoms with Crippen LogP contribution >= 0.6 is 0 Å². The van der Waals surface area contributed by atoms with Crippen molar-refractivity contribution in [3.05, 3.63) is 29.6 Å². The molecule has 0 saturated heterocycles. The van der Waals surface area contributed by atoms with E-state index in [0.717, 1.165) is 6.07 Å². The molecule has 0 radical (unpaired) electrons. The van der Waals surface area contributed by atoms with Gasteiger partial charge in [-0.1, -0.05) is 0 Å². The molecule has 0 bridgehead atoms. The van der Waals surface area contributed by atoms with E-state index in [-0.39, 0.29) is 18.8 Å². The van der Waals surface area contributed by atoms with Gasteiger partial charge in [0.15, 0.2) is 5.78 Å². The highest BCUT2D eigenvalue weighted by atomic mass is 19.1. The van der Waals surface area contributed by atoms with Crippen LogP contribution in [-0.2, 0) is 4.74 Å². The largest absolute Gasteiger partial charge is 0.497 e. The number of ketones is 1. The first-order chi connectivity index (χ1) is 7.69. The van der Waals surface area contributed by atoms with Gasteiger partial charge in [0.05, 0.1) is 19.3 Å². The van der Waals surface area contributed by atoms with Crippen molar-refractivity contribution in [1.29, 1.82) is 0 Å². The molecule has 88 valence electrons. The molecule has 1 aromatic carbocycles. The molecule has 0 spiro atoms. The molecule has 1 rings (SSSR count). The Morgan fingerprint density at radius 2 is 2.25 bits per heavy atom. The third kappa shape index (κ3) is 3.29. The minimum absolute atomic E-state index is 0.00202. The smallest absolute Gasteiger partial charge is 0.191 e. The molecule has 16 heavy (non-hydrogen) atoms. The highest BCUT2D eigenvalue weighted by Gasteiger charge is 2.12. The van der Waals surface area contributed by atoms with Gasteiger partial charge in [-0.3, -0.25) is 4.79 Å². The minimum atomic E-state index is -0.610. The molecular formula is C11H14FNO3. The van der Waals surface area contributed by atoms with E-state index in [0.29, 0.717) is 12.3 Å². The molecule has 4 nitrogen and oxygen atoms in total. The predicted octanol–water partition coefficient (Wildman–Crippen LogP) is 0.992. The first-order valence-electron chi connectivity index (χ1n) is 4.83. The van der Waals surface area contributed by atoms with Crippen LogP contribution in [0.1, 0.15) is 10.4 Å². The lowest BCUT2D eigenvalue weighted by Crippen LogP contribution is -2.15. The standard InChI is InChI=1S/C11H14FNO3/c1-15-8-2-3-9(10(12)6-8)11(14)7-16-5-4-13/h2-3,6H,4-5,7,13H2,1H3. The van der Waals surface area contributed by atoms with Crippen molar-refractivity contribution in [2.45, 2.75) is 0 Å². The number of halogens is 1. The molecule has 0 amide bonds.